The van der Waals surface area contributed by atoms with Gasteiger partial charge in [-0.3, -0.25) is 15.1 Å². The number of phenols is 1. The third-order valence-electron chi connectivity index (χ3n) is 2.47. The van der Waals surface area contributed by atoms with Crippen LogP contribution in [0.4, 0.5) is 11.4 Å². The smallest absolute Gasteiger partial charge is 0.269 e. The molecule has 0 saturated heterocycles. The van der Waals surface area contributed by atoms with Gasteiger partial charge in [-0.2, -0.15) is 0 Å². The van der Waals surface area contributed by atoms with Crippen LogP contribution in [0.1, 0.15) is 5.56 Å². The molecule has 0 spiro atoms. The van der Waals surface area contributed by atoms with Gasteiger partial charge in [0.1, 0.15) is 0 Å². The van der Waals surface area contributed by atoms with E-state index in [2.05, 4.69) is 4.99 Å². The van der Waals surface area contributed by atoms with Crippen molar-refractivity contribution in [3.63, 3.8) is 0 Å². The lowest BCUT2D eigenvalue weighted by Gasteiger charge is -2.01. The van der Waals surface area contributed by atoms with Crippen LogP contribution in [-0.2, 0) is 0 Å². The zero-order valence-corrected chi connectivity index (χ0v) is 12.0. The van der Waals surface area contributed by atoms with Crippen LogP contribution in [0.15, 0.2) is 41.4 Å². The van der Waals surface area contributed by atoms with Crippen molar-refractivity contribution in [2.45, 2.75) is 0 Å². The Balaban J connectivity index is 0.00000220. The van der Waals surface area contributed by atoms with Crippen LogP contribution in [0.3, 0.4) is 0 Å². The Morgan fingerprint density at radius 1 is 1.14 bits per heavy atom. The van der Waals surface area contributed by atoms with E-state index in [0.717, 1.165) is 0 Å². The second-order valence-corrected chi connectivity index (χ2v) is 4.68. The van der Waals surface area contributed by atoms with Crippen LogP contribution < -0.4 is 0 Å². The second-order valence-electron chi connectivity index (χ2n) is 3.86. The monoisotopic (exact) mass is 328 g/mol. The molecule has 0 aliphatic carbocycles. The number of nitro groups is 1. The molecule has 0 aliphatic rings. The number of phenolic OH excluding ortho intramolecular Hbond substituents is 1. The fourth-order valence-corrected chi connectivity index (χ4v) is 1.93. The zero-order chi connectivity index (χ0) is 14.7. The highest BCUT2D eigenvalue weighted by molar-refractivity contribution is 6.37. The lowest BCUT2D eigenvalue weighted by atomic mass is 10.2. The van der Waals surface area contributed by atoms with Crippen LogP contribution >= 0.6 is 23.2 Å². The van der Waals surface area contributed by atoms with Crippen molar-refractivity contribution >= 4 is 40.8 Å². The van der Waals surface area contributed by atoms with E-state index in [0.29, 0.717) is 11.3 Å². The third-order valence-corrected chi connectivity index (χ3v) is 3.04. The number of hydrogen-bond donors (Lipinski definition) is 1. The molecule has 0 aromatic heterocycles. The molecular formula is C13H10Cl2N2O4. The molecule has 0 unspecified atom stereocenters. The summed E-state index contributed by atoms with van der Waals surface area (Å²) in [5.41, 5.74) is 1.17. The minimum absolute atomic E-state index is 0. The average Bonchev–Trinajstić information content (AvgIpc) is 2.42. The molecule has 0 amide bonds. The van der Waals surface area contributed by atoms with Gasteiger partial charge < -0.3 is 10.6 Å². The van der Waals surface area contributed by atoms with E-state index in [-0.39, 0.29) is 27.0 Å². The molecule has 2 aromatic rings. The first-order valence-electron chi connectivity index (χ1n) is 5.44. The van der Waals surface area contributed by atoms with Crippen LogP contribution in [0.25, 0.3) is 0 Å². The fraction of sp³-hybridized carbons (Fsp3) is 0. The summed E-state index contributed by atoms with van der Waals surface area (Å²) in [5, 5.41) is 20.1. The number of rotatable bonds is 3. The molecule has 2 aromatic carbocycles. The SMILES string of the molecule is O.O=[N+]([O-])c1ccc(C=Nc2cc(Cl)c(O)c(Cl)c2)cc1. The number of halogens is 2. The van der Waals surface area contributed by atoms with Gasteiger partial charge in [0, 0.05) is 18.3 Å². The normalized spacial score (nSPS) is 10.4. The average molecular weight is 329 g/mol. The zero-order valence-electron chi connectivity index (χ0n) is 10.5. The molecule has 8 heteroatoms. The summed E-state index contributed by atoms with van der Waals surface area (Å²) in [4.78, 5) is 14.2. The molecular weight excluding hydrogens is 319 g/mol. The third kappa shape index (κ3) is 4.16. The highest BCUT2D eigenvalue weighted by atomic mass is 35.5. The van der Waals surface area contributed by atoms with Gasteiger partial charge in [-0.1, -0.05) is 23.2 Å². The van der Waals surface area contributed by atoms with Crippen molar-refractivity contribution in [3.05, 3.63) is 62.1 Å². The van der Waals surface area contributed by atoms with Crippen molar-refractivity contribution < 1.29 is 15.5 Å². The summed E-state index contributed by atoms with van der Waals surface area (Å²) >= 11 is 11.5. The number of nitrogens with zero attached hydrogens (tertiary/aromatic N) is 2. The van der Waals surface area contributed by atoms with Crippen molar-refractivity contribution in [3.8, 4) is 5.75 Å². The summed E-state index contributed by atoms with van der Waals surface area (Å²) in [6, 6.07) is 8.85. The van der Waals surface area contributed by atoms with E-state index in [1.807, 2.05) is 0 Å². The van der Waals surface area contributed by atoms with E-state index < -0.39 is 4.92 Å². The lowest BCUT2D eigenvalue weighted by Crippen LogP contribution is -1.88. The van der Waals surface area contributed by atoms with Gasteiger partial charge in [-0.25, -0.2) is 0 Å². The Morgan fingerprint density at radius 2 is 1.67 bits per heavy atom. The molecule has 0 radical (unpaired) electrons. The van der Waals surface area contributed by atoms with Crippen molar-refractivity contribution in [2.75, 3.05) is 0 Å². The summed E-state index contributed by atoms with van der Waals surface area (Å²) in [6.07, 6.45) is 1.52. The minimum Gasteiger partial charge on any atom is -0.505 e. The van der Waals surface area contributed by atoms with Gasteiger partial charge in [0.05, 0.1) is 20.7 Å². The predicted octanol–water partition coefficient (Wildman–Crippen LogP) is 3.53. The Labute approximate surface area is 129 Å². The number of nitro benzene ring substituents is 1. The number of aromatic hydroxyl groups is 1. The molecule has 0 saturated carbocycles. The molecule has 0 bridgehead atoms. The Morgan fingerprint density at radius 3 is 2.14 bits per heavy atom. The highest BCUT2D eigenvalue weighted by Gasteiger charge is 2.06. The van der Waals surface area contributed by atoms with Gasteiger partial charge in [0.15, 0.2) is 5.75 Å². The van der Waals surface area contributed by atoms with E-state index in [4.69, 9.17) is 23.2 Å². The van der Waals surface area contributed by atoms with Gasteiger partial charge in [0.2, 0.25) is 0 Å². The van der Waals surface area contributed by atoms with Gasteiger partial charge >= 0.3 is 0 Å². The lowest BCUT2D eigenvalue weighted by molar-refractivity contribution is -0.384. The molecule has 6 nitrogen and oxygen atoms in total. The van der Waals surface area contributed by atoms with E-state index in [1.165, 1.54) is 30.5 Å². The minimum atomic E-state index is -0.472. The van der Waals surface area contributed by atoms with Crippen molar-refractivity contribution in [2.24, 2.45) is 4.99 Å². The quantitative estimate of drug-likeness (QED) is 0.528. The highest BCUT2D eigenvalue weighted by Crippen LogP contribution is 2.35. The topological polar surface area (TPSA) is 107 Å². The maximum Gasteiger partial charge on any atom is 0.269 e. The standard InChI is InChI=1S/C13H8Cl2N2O3.H2O/c14-11-5-9(6-12(15)13(11)18)16-7-8-1-3-10(4-2-8)17(19)20;/h1-7,18H;1H2. The number of aliphatic imine (C=N–C) groups is 1. The van der Waals surface area contributed by atoms with E-state index in [9.17, 15) is 15.2 Å². The summed E-state index contributed by atoms with van der Waals surface area (Å²) < 4.78 is 0. The molecule has 21 heavy (non-hydrogen) atoms. The Kier molecular flexibility index (Phi) is 5.66. The molecule has 0 aliphatic heterocycles. The first-order chi connectivity index (χ1) is 9.47. The Hall–Kier alpha value is -2.15. The van der Waals surface area contributed by atoms with E-state index >= 15 is 0 Å². The van der Waals surface area contributed by atoms with Crippen molar-refractivity contribution in [1.29, 1.82) is 0 Å². The van der Waals surface area contributed by atoms with Crippen molar-refractivity contribution in [1.82, 2.24) is 0 Å². The predicted molar refractivity (Wildman–Crippen MR) is 82.1 cm³/mol. The number of benzene rings is 2. The first kappa shape index (κ1) is 16.9. The van der Waals surface area contributed by atoms with Crippen LogP contribution in [0.5, 0.6) is 5.75 Å². The molecule has 3 N–H and O–H groups in total. The molecule has 110 valence electrons. The maximum atomic E-state index is 10.5. The maximum absolute atomic E-state index is 10.5. The van der Waals surface area contributed by atoms with Gasteiger partial charge in [0.25, 0.3) is 5.69 Å². The summed E-state index contributed by atoms with van der Waals surface area (Å²) in [6.45, 7) is 0. The second kappa shape index (κ2) is 7.03. The van der Waals surface area contributed by atoms with Crippen LogP contribution in [0, 0.1) is 10.1 Å². The fourth-order valence-electron chi connectivity index (χ4n) is 1.46. The molecule has 0 atom stereocenters. The summed E-state index contributed by atoms with van der Waals surface area (Å²) in [5.74, 6) is -0.192. The van der Waals surface area contributed by atoms with Gasteiger partial charge in [-0.15, -0.1) is 0 Å². The van der Waals surface area contributed by atoms with Gasteiger partial charge in [-0.05, 0) is 29.8 Å². The van der Waals surface area contributed by atoms with Crippen LogP contribution in [0.2, 0.25) is 10.0 Å². The number of hydrogen-bond acceptors (Lipinski definition) is 4. The molecule has 0 heterocycles. The largest absolute Gasteiger partial charge is 0.505 e. The Bertz CT molecular complexity index is 664. The van der Waals surface area contributed by atoms with E-state index in [1.54, 1.807) is 12.1 Å². The van der Waals surface area contributed by atoms with Crippen LogP contribution in [-0.4, -0.2) is 21.7 Å². The summed E-state index contributed by atoms with van der Waals surface area (Å²) in [7, 11) is 0. The first-order valence-corrected chi connectivity index (χ1v) is 6.19. The number of non-ortho nitro benzene ring substituents is 1. The molecule has 0 fully saturated rings. The molecule has 2 rings (SSSR count).